The molecule has 1 unspecified atom stereocenters. The van der Waals surface area contributed by atoms with Gasteiger partial charge in [-0.25, -0.2) is 0 Å². The summed E-state index contributed by atoms with van der Waals surface area (Å²) in [5, 5.41) is 8.98. The van der Waals surface area contributed by atoms with Crippen molar-refractivity contribution in [3.63, 3.8) is 0 Å². The van der Waals surface area contributed by atoms with Gasteiger partial charge in [0.2, 0.25) is 0 Å². The molecule has 74 valence electrons. The maximum absolute atomic E-state index is 8.98. The average molecular weight is 174 g/mol. The minimum Gasteiger partial charge on any atom is -0.391 e. The first-order valence-corrected chi connectivity index (χ1v) is 4.83. The van der Waals surface area contributed by atoms with Crippen LogP contribution in [0.4, 0.5) is 0 Å². The van der Waals surface area contributed by atoms with Gasteiger partial charge >= 0.3 is 0 Å². The smallest absolute Gasteiger partial charge is 0.102 e. The molecule has 0 aromatic carbocycles. The summed E-state index contributed by atoms with van der Waals surface area (Å²) in [6.07, 6.45) is 1.17. The van der Waals surface area contributed by atoms with Crippen molar-refractivity contribution in [1.29, 1.82) is 0 Å². The highest BCUT2D eigenvalue weighted by molar-refractivity contribution is 4.62. The fourth-order valence-corrected chi connectivity index (χ4v) is 1.50. The van der Waals surface area contributed by atoms with E-state index in [2.05, 4.69) is 34.7 Å². The predicted octanol–water partition coefficient (Wildman–Crippen LogP) is 1.63. The van der Waals surface area contributed by atoms with Crippen LogP contribution in [0.25, 0.3) is 0 Å². The van der Waals surface area contributed by atoms with Crippen LogP contribution in [0.15, 0.2) is 0 Å². The quantitative estimate of drug-likeness (QED) is 0.642. The van der Waals surface area contributed by atoms with Crippen LogP contribution < -0.4 is 0 Å². The van der Waals surface area contributed by atoms with Crippen molar-refractivity contribution in [2.24, 2.45) is 0 Å². The minimum atomic E-state index is 0.235. The standard InChI is InChI=1S/C10H24NO/c1-6-7-11(5,8-9-12)10(2,3)4/h12H,6-9H2,1-5H3/q+1. The first-order valence-electron chi connectivity index (χ1n) is 4.83. The van der Waals surface area contributed by atoms with Gasteiger partial charge in [-0.05, 0) is 27.2 Å². The van der Waals surface area contributed by atoms with Gasteiger partial charge in [-0.15, -0.1) is 0 Å². The van der Waals surface area contributed by atoms with Crippen molar-refractivity contribution in [2.45, 2.75) is 39.7 Å². The Kier molecular flexibility index (Phi) is 4.21. The van der Waals surface area contributed by atoms with Crippen LogP contribution in [0, 0.1) is 0 Å². The molecule has 0 aliphatic rings. The van der Waals surface area contributed by atoms with E-state index in [1.807, 2.05) is 0 Å². The van der Waals surface area contributed by atoms with E-state index in [1.165, 1.54) is 6.42 Å². The van der Waals surface area contributed by atoms with Gasteiger partial charge in [-0.1, -0.05) is 6.92 Å². The molecule has 0 radical (unpaired) electrons. The number of rotatable bonds is 4. The molecule has 0 aliphatic carbocycles. The van der Waals surface area contributed by atoms with Crippen molar-refractivity contribution in [2.75, 3.05) is 26.7 Å². The van der Waals surface area contributed by atoms with Crippen LogP contribution in [0.5, 0.6) is 0 Å². The van der Waals surface area contributed by atoms with Crippen molar-refractivity contribution < 1.29 is 9.59 Å². The van der Waals surface area contributed by atoms with Crippen molar-refractivity contribution in [3.8, 4) is 0 Å². The fraction of sp³-hybridized carbons (Fsp3) is 1.00. The summed E-state index contributed by atoms with van der Waals surface area (Å²) >= 11 is 0. The predicted molar refractivity (Wildman–Crippen MR) is 53.0 cm³/mol. The normalized spacial score (nSPS) is 17.5. The molecule has 1 atom stereocenters. The Morgan fingerprint density at radius 2 is 1.67 bits per heavy atom. The first-order chi connectivity index (χ1) is 5.37. The molecule has 0 amide bonds. The molecule has 0 saturated carbocycles. The van der Waals surface area contributed by atoms with Crippen LogP contribution in [0.3, 0.4) is 0 Å². The van der Waals surface area contributed by atoms with Crippen molar-refractivity contribution >= 4 is 0 Å². The third kappa shape index (κ3) is 2.76. The zero-order valence-electron chi connectivity index (χ0n) is 9.22. The van der Waals surface area contributed by atoms with Gasteiger partial charge in [0, 0.05) is 0 Å². The van der Waals surface area contributed by atoms with E-state index in [9.17, 15) is 0 Å². The Balaban J connectivity index is 4.38. The molecule has 0 aliphatic heterocycles. The summed E-state index contributed by atoms with van der Waals surface area (Å²) in [4.78, 5) is 0. The first kappa shape index (κ1) is 11.9. The second-order valence-electron chi connectivity index (χ2n) is 4.74. The average Bonchev–Trinajstić information content (AvgIpc) is 1.86. The third-order valence-corrected chi connectivity index (χ3v) is 2.93. The molecule has 12 heavy (non-hydrogen) atoms. The zero-order chi connectivity index (χ0) is 9.83. The van der Waals surface area contributed by atoms with E-state index in [1.54, 1.807) is 0 Å². The van der Waals surface area contributed by atoms with Gasteiger partial charge in [0.05, 0.1) is 25.7 Å². The number of quaternary nitrogens is 1. The monoisotopic (exact) mass is 174 g/mol. The van der Waals surface area contributed by atoms with E-state index < -0.39 is 0 Å². The Morgan fingerprint density at radius 3 is 1.92 bits per heavy atom. The lowest BCUT2D eigenvalue weighted by atomic mass is 10.0. The number of hydrogen-bond donors (Lipinski definition) is 1. The maximum atomic E-state index is 8.98. The van der Waals surface area contributed by atoms with Gasteiger partial charge in [0.25, 0.3) is 0 Å². The lowest BCUT2D eigenvalue weighted by molar-refractivity contribution is -0.953. The number of nitrogens with zero attached hydrogens (tertiary/aromatic N) is 1. The molecule has 2 nitrogen and oxygen atoms in total. The summed E-state index contributed by atoms with van der Waals surface area (Å²) in [7, 11) is 2.22. The minimum absolute atomic E-state index is 0.235. The van der Waals surface area contributed by atoms with Gasteiger partial charge in [0.1, 0.15) is 6.54 Å². The third-order valence-electron chi connectivity index (χ3n) is 2.93. The number of hydrogen-bond acceptors (Lipinski definition) is 1. The summed E-state index contributed by atoms with van der Waals surface area (Å²) in [6, 6.07) is 0. The Hall–Kier alpha value is -0.0800. The second kappa shape index (κ2) is 4.24. The maximum Gasteiger partial charge on any atom is 0.102 e. The van der Waals surface area contributed by atoms with Gasteiger partial charge in [-0.3, -0.25) is 0 Å². The number of aliphatic hydroxyl groups excluding tert-OH is 1. The molecule has 0 heterocycles. The van der Waals surface area contributed by atoms with Crippen LogP contribution in [0.2, 0.25) is 0 Å². The molecule has 0 rings (SSSR count). The van der Waals surface area contributed by atoms with Crippen molar-refractivity contribution in [1.82, 2.24) is 0 Å². The molecule has 0 bridgehead atoms. The molecule has 0 spiro atoms. The highest BCUT2D eigenvalue weighted by Crippen LogP contribution is 2.21. The molecule has 1 N–H and O–H groups in total. The summed E-state index contributed by atoms with van der Waals surface area (Å²) in [5.41, 5.74) is 0.235. The van der Waals surface area contributed by atoms with E-state index in [-0.39, 0.29) is 12.1 Å². The Morgan fingerprint density at radius 1 is 1.17 bits per heavy atom. The zero-order valence-corrected chi connectivity index (χ0v) is 9.22. The van der Waals surface area contributed by atoms with Crippen LogP contribution in [-0.4, -0.2) is 41.9 Å². The van der Waals surface area contributed by atoms with E-state index in [0.717, 1.165) is 17.6 Å². The molecule has 2 heteroatoms. The largest absolute Gasteiger partial charge is 0.391 e. The van der Waals surface area contributed by atoms with Gasteiger partial charge in [0.15, 0.2) is 0 Å². The van der Waals surface area contributed by atoms with E-state index >= 15 is 0 Å². The van der Waals surface area contributed by atoms with E-state index in [4.69, 9.17) is 5.11 Å². The lowest BCUT2D eigenvalue weighted by Crippen LogP contribution is -2.58. The second-order valence-corrected chi connectivity index (χ2v) is 4.74. The molecule has 0 saturated heterocycles. The topological polar surface area (TPSA) is 20.2 Å². The molecule has 0 aromatic heterocycles. The van der Waals surface area contributed by atoms with Crippen molar-refractivity contribution in [3.05, 3.63) is 0 Å². The molecular weight excluding hydrogens is 150 g/mol. The van der Waals surface area contributed by atoms with Crippen LogP contribution in [-0.2, 0) is 0 Å². The number of aliphatic hydroxyl groups is 1. The van der Waals surface area contributed by atoms with Crippen LogP contribution in [0.1, 0.15) is 34.1 Å². The van der Waals surface area contributed by atoms with Crippen LogP contribution >= 0.6 is 0 Å². The lowest BCUT2D eigenvalue weighted by Gasteiger charge is -2.45. The summed E-state index contributed by atoms with van der Waals surface area (Å²) in [5.74, 6) is 0. The Labute approximate surface area is 76.8 Å². The van der Waals surface area contributed by atoms with E-state index in [0.29, 0.717) is 0 Å². The SMILES string of the molecule is CCC[N+](C)(CCO)C(C)(C)C. The molecular formula is C10H24NO+. The van der Waals surface area contributed by atoms with Gasteiger partial charge in [-0.2, -0.15) is 0 Å². The highest BCUT2D eigenvalue weighted by atomic mass is 16.3. The molecule has 0 aromatic rings. The van der Waals surface area contributed by atoms with Gasteiger partial charge < -0.3 is 9.59 Å². The fourth-order valence-electron chi connectivity index (χ4n) is 1.50. The number of likely N-dealkylation sites (N-methyl/N-ethyl adjacent to an activating group) is 1. The summed E-state index contributed by atoms with van der Waals surface area (Å²) < 4.78 is 0.958. The summed E-state index contributed by atoms with van der Waals surface area (Å²) in [6.45, 7) is 11.2. The highest BCUT2D eigenvalue weighted by Gasteiger charge is 2.34. The Bertz CT molecular complexity index is 120. The molecule has 0 fully saturated rings.